The summed E-state index contributed by atoms with van der Waals surface area (Å²) in [4.78, 5) is 13.9. The third-order valence-electron chi connectivity index (χ3n) is 3.73. The van der Waals surface area contributed by atoms with Crippen molar-refractivity contribution >= 4 is 18.3 Å². The largest absolute Gasteiger partial charge is 0.375 e. The molecule has 0 radical (unpaired) electrons. The molecule has 0 bridgehead atoms. The first-order chi connectivity index (χ1) is 9.58. The molecule has 21 heavy (non-hydrogen) atoms. The van der Waals surface area contributed by atoms with E-state index < -0.39 is 0 Å². The van der Waals surface area contributed by atoms with E-state index >= 15 is 0 Å². The van der Waals surface area contributed by atoms with Gasteiger partial charge in [0.15, 0.2) is 0 Å². The average Bonchev–Trinajstić information content (AvgIpc) is 2.47. The van der Waals surface area contributed by atoms with Crippen molar-refractivity contribution < 1.29 is 13.9 Å². The number of hydrogen-bond donors (Lipinski definition) is 1. The molecule has 2 atom stereocenters. The van der Waals surface area contributed by atoms with Gasteiger partial charge < -0.3 is 15.0 Å². The van der Waals surface area contributed by atoms with Gasteiger partial charge in [-0.2, -0.15) is 0 Å². The Bertz CT molecular complexity index is 449. The van der Waals surface area contributed by atoms with Crippen LogP contribution in [0.1, 0.15) is 24.9 Å². The summed E-state index contributed by atoms with van der Waals surface area (Å²) in [6.07, 6.45) is 0.314. The quantitative estimate of drug-likeness (QED) is 0.925. The number of morpholine rings is 1. The molecule has 6 heteroatoms. The highest BCUT2D eigenvalue weighted by molar-refractivity contribution is 5.85. The van der Waals surface area contributed by atoms with E-state index in [9.17, 15) is 9.18 Å². The number of amides is 1. The SMILES string of the molecule is CC(c1ccc(F)cc1)N(C)C(=O)CC1CNCCO1.Cl. The normalized spacial score (nSPS) is 19.5. The van der Waals surface area contributed by atoms with Crippen LogP contribution in [-0.4, -0.2) is 43.7 Å². The first-order valence-electron chi connectivity index (χ1n) is 6.91. The number of ether oxygens (including phenoxy) is 1. The first-order valence-corrected chi connectivity index (χ1v) is 6.91. The summed E-state index contributed by atoms with van der Waals surface area (Å²) in [7, 11) is 1.77. The molecule has 1 aromatic rings. The van der Waals surface area contributed by atoms with Crippen molar-refractivity contribution in [1.29, 1.82) is 0 Å². The molecule has 0 aromatic heterocycles. The van der Waals surface area contributed by atoms with Gasteiger partial charge in [0.05, 0.1) is 25.2 Å². The Morgan fingerprint density at radius 1 is 1.48 bits per heavy atom. The number of carbonyl (C=O) groups is 1. The smallest absolute Gasteiger partial charge is 0.225 e. The van der Waals surface area contributed by atoms with Crippen molar-refractivity contribution in [3.05, 3.63) is 35.6 Å². The molecule has 1 aliphatic heterocycles. The van der Waals surface area contributed by atoms with Crippen molar-refractivity contribution in [2.45, 2.75) is 25.5 Å². The monoisotopic (exact) mass is 316 g/mol. The van der Waals surface area contributed by atoms with Crippen LogP contribution in [-0.2, 0) is 9.53 Å². The molecule has 1 N–H and O–H groups in total. The molecule has 0 aliphatic carbocycles. The van der Waals surface area contributed by atoms with Crippen LogP contribution >= 0.6 is 12.4 Å². The van der Waals surface area contributed by atoms with Gasteiger partial charge in [-0.05, 0) is 24.6 Å². The lowest BCUT2D eigenvalue weighted by molar-refractivity contribution is -0.135. The maximum atomic E-state index is 12.9. The fourth-order valence-corrected chi connectivity index (χ4v) is 2.27. The lowest BCUT2D eigenvalue weighted by Gasteiger charge is -2.29. The maximum Gasteiger partial charge on any atom is 0.225 e. The third kappa shape index (κ3) is 4.95. The molecule has 1 fully saturated rings. The van der Waals surface area contributed by atoms with Gasteiger partial charge in [-0.3, -0.25) is 4.79 Å². The van der Waals surface area contributed by atoms with Gasteiger partial charge in [-0.1, -0.05) is 12.1 Å². The molecule has 118 valence electrons. The van der Waals surface area contributed by atoms with Gasteiger partial charge in [-0.25, -0.2) is 4.39 Å². The highest BCUT2D eigenvalue weighted by Crippen LogP contribution is 2.20. The zero-order valence-corrected chi connectivity index (χ0v) is 13.2. The Morgan fingerprint density at radius 3 is 2.71 bits per heavy atom. The minimum Gasteiger partial charge on any atom is -0.375 e. The lowest BCUT2D eigenvalue weighted by Crippen LogP contribution is -2.42. The van der Waals surface area contributed by atoms with E-state index in [4.69, 9.17) is 4.74 Å². The molecule has 1 saturated heterocycles. The van der Waals surface area contributed by atoms with Crippen molar-refractivity contribution in [2.75, 3.05) is 26.7 Å². The molecule has 1 aromatic carbocycles. The van der Waals surface area contributed by atoms with Gasteiger partial charge in [0.2, 0.25) is 5.91 Å². The molecule has 2 unspecified atom stereocenters. The Kier molecular flexibility index (Phi) is 7.08. The van der Waals surface area contributed by atoms with Crippen molar-refractivity contribution in [3.8, 4) is 0 Å². The standard InChI is InChI=1S/C15H21FN2O2.ClH/c1-11(12-3-5-13(16)6-4-12)18(2)15(19)9-14-10-17-7-8-20-14;/h3-6,11,14,17H,7-10H2,1-2H3;1H. The zero-order valence-electron chi connectivity index (χ0n) is 12.3. The van der Waals surface area contributed by atoms with E-state index in [0.29, 0.717) is 19.6 Å². The molecule has 1 heterocycles. The molecule has 2 rings (SSSR count). The van der Waals surface area contributed by atoms with Gasteiger partial charge in [0, 0.05) is 20.1 Å². The number of benzene rings is 1. The second-order valence-corrected chi connectivity index (χ2v) is 5.13. The Morgan fingerprint density at radius 2 is 2.14 bits per heavy atom. The van der Waals surface area contributed by atoms with Crippen LogP contribution in [0.2, 0.25) is 0 Å². The van der Waals surface area contributed by atoms with E-state index in [-0.39, 0.29) is 36.3 Å². The van der Waals surface area contributed by atoms with Crippen LogP contribution in [0.5, 0.6) is 0 Å². The van der Waals surface area contributed by atoms with Crippen molar-refractivity contribution in [3.63, 3.8) is 0 Å². The van der Waals surface area contributed by atoms with Crippen LogP contribution in [0.25, 0.3) is 0 Å². The molecular formula is C15H22ClFN2O2. The van der Waals surface area contributed by atoms with E-state index in [1.165, 1.54) is 12.1 Å². The summed E-state index contributed by atoms with van der Waals surface area (Å²) in [6.45, 7) is 4.14. The Hall–Kier alpha value is -1.17. The maximum absolute atomic E-state index is 12.9. The number of carbonyl (C=O) groups excluding carboxylic acids is 1. The minimum atomic E-state index is -0.267. The van der Waals surface area contributed by atoms with E-state index in [1.807, 2.05) is 6.92 Å². The van der Waals surface area contributed by atoms with E-state index in [0.717, 1.165) is 12.1 Å². The topological polar surface area (TPSA) is 41.6 Å². The summed E-state index contributed by atoms with van der Waals surface area (Å²) in [5, 5.41) is 3.21. The summed E-state index contributed by atoms with van der Waals surface area (Å²) in [5.41, 5.74) is 0.921. The van der Waals surface area contributed by atoms with Gasteiger partial charge in [0.1, 0.15) is 5.82 Å². The number of nitrogens with one attached hydrogen (secondary N) is 1. The lowest BCUT2D eigenvalue weighted by atomic mass is 10.1. The zero-order chi connectivity index (χ0) is 14.5. The highest BCUT2D eigenvalue weighted by atomic mass is 35.5. The Balaban J connectivity index is 0.00000220. The molecular weight excluding hydrogens is 295 g/mol. The predicted octanol–water partition coefficient (Wildman–Crippen LogP) is 2.15. The Labute approximate surface area is 131 Å². The van der Waals surface area contributed by atoms with E-state index in [2.05, 4.69) is 5.32 Å². The number of nitrogens with zero attached hydrogens (tertiary/aromatic N) is 1. The summed E-state index contributed by atoms with van der Waals surface area (Å²) >= 11 is 0. The molecule has 0 saturated carbocycles. The third-order valence-corrected chi connectivity index (χ3v) is 3.73. The minimum absolute atomic E-state index is 0. The van der Waals surface area contributed by atoms with Crippen molar-refractivity contribution in [1.82, 2.24) is 10.2 Å². The summed E-state index contributed by atoms with van der Waals surface area (Å²) < 4.78 is 18.5. The van der Waals surface area contributed by atoms with Crippen LogP contribution in [0, 0.1) is 5.82 Å². The second-order valence-electron chi connectivity index (χ2n) is 5.13. The highest BCUT2D eigenvalue weighted by Gasteiger charge is 2.22. The van der Waals surface area contributed by atoms with Crippen LogP contribution in [0.4, 0.5) is 4.39 Å². The number of halogens is 2. The van der Waals surface area contributed by atoms with Crippen LogP contribution in [0.3, 0.4) is 0 Å². The van der Waals surface area contributed by atoms with Gasteiger partial charge in [-0.15, -0.1) is 12.4 Å². The molecule has 1 amide bonds. The first kappa shape index (κ1) is 17.9. The summed E-state index contributed by atoms with van der Waals surface area (Å²) in [5.74, 6) is -0.230. The van der Waals surface area contributed by atoms with Crippen molar-refractivity contribution in [2.24, 2.45) is 0 Å². The molecule has 4 nitrogen and oxygen atoms in total. The van der Waals surface area contributed by atoms with E-state index in [1.54, 1.807) is 24.1 Å². The fourth-order valence-electron chi connectivity index (χ4n) is 2.27. The average molecular weight is 317 g/mol. The van der Waals surface area contributed by atoms with Gasteiger partial charge in [0.25, 0.3) is 0 Å². The number of rotatable bonds is 4. The molecule has 0 spiro atoms. The van der Waals surface area contributed by atoms with Crippen LogP contribution < -0.4 is 5.32 Å². The summed E-state index contributed by atoms with van der Waals surface area (Å²) in [6, 6.07) is 6.17. The van der Waals surface area contributed by atoms with Crippen LogP contribution in [0.15, 0.2) is 24.3 Å². The van der Waals surface area contributed by atoms with Gasteiger partial charge >= 0.3 is 0 Å². The second kappa shape index (κ2) is 8.32. The predicted molar refractivity (Wildman–Crippen MR) is 82.1 cm³/mol. The number of hydrogen-bond acceptors (Lipinski definition) is 3. The fraction of sp³-hybridized carbons (Fsp3) is 0.533. The molecule has 1 aliphatic rings.